The molecule has 0 spiro atoms. The summed E-state index contributed by atoms with van der Waals surface area (Å²) in [7, 11) is 0. The standard InChI is InChI=1S/C19H19N3O5/c23-17(24)11-21-18(25)12-4-6-14(7-5-12)22-19(26)13-8-9-20-16(10-13)27-15-2-1-3-15/h4-10,15H,1-3,11H2,(H,21,25)(H,22,26)(H,23,24). The summed E-state index contributed by atoms with van der Waals surface area (Å²) in [6, 6.07) is 9.34. The van der Waals surface area contributed by atoms with Crippen LogP contribution in [0.4, 0.5) is 5.69 Å². The van der Waals surface area contributed by atoms with E-state index in [0.717, 1.165) is 19.3 Å². The van der Waals surface area contributed by atoms with Crippen LogP contribution in [0.2, 0.25) is 0 Å². The van der Waals surface area contributed by atoms with Crippen LogP contribution in [-0.4, -0.2) is 40.5 Å². The molecule has 3 N–H and O–H groups in total. The molecule has 140 valence electrons. The fourth-order valence-corrected chi connectivity index (χ4v) is 2.44. The van der Waals surface area contributed by atoms with E-state index in [9.17, 15) is 14.4 Å². The van der Waals surface area contributed by atoms with Crippen molar-refractivity contribution in [3.63, 3.8) is 0 Å². The zero-order valence-corrected chi connectivity index (χ0v) is 14.5. The van der Waals surface area contributed by atoms with Crippen molar-refractivity contribution in [3.8, 4) is 5.88 Å². The minimum absolute atomic E-state index is 0.177. The number of anilines is 1. The number of pyridine rings is 1. The molecule has 0 saturated heterocycles. The number of carbonyl (C=O) groups is 3. The predicted molar refractivity (Wildman–Crippen MR) is 96.9 cm³/mol. The lowest BCUT2D eigenvalue weighted by Crippen LogP contribution is -2.29. The number of nitrogens with zero attached hydrogens (tertiary/aromatic N) is 1. The SMILES string of the molecule is O=C(O)CNC(=O)c1ccc(NC(=O)c2ccnc(OC3CCC3)c2)cc1. The molecule has 1 aliphatic carbocycles. The van der Waals surface area contributed by atoms with Crippen LogP contribution < -0.4 is 15.4 Å². The molecule has 8 nitrogen and oxygen atoms in total. The molecular weight excluding hydrogens is 350 g/mol. The first-order valence-electron chi connectivity index (χ1n) is 8.55. The number of amides is 2. The Hall–Kier alpha value is -3.42. The Balaban J connectivity index is 1.59. The van der Waals surface area contributed by atoms with E-state index in [4.69, 9.17) is 9.84 Å². The number of hydrogen-bond donors (Lipinski definition) is 3. The van der Waals surface area contributed by atoms with Crippen LogP contribution >= 0.6 is 0 Å². The van der Waals surface area contributed by atoms with Gasteiger partial charge in [0, 0.05) is 29.1 Å². The molecule has 0 aliphatic heterocycles. The molecule has 0 unspecified atom stereocenters. The van der Waals surface area contributed by atoms with Crippen molar-refractivity contribution in [1.29, 1.82) is 0 Å². The topological polar surface area (TPSA) is 118 Å². The number of aliphatic carboxylic acids is 1. The van der Waals surface area contributed by atoms with E-state index < -0.39 is 18.4 Å². The van der Waals surface area contributed by atoms with Crippen molar-refractivity contribution in [2.45, 2.75) is 25.4 Å². The maximum absolute atomic E-state index is 12.4. The number of nitrogens with one attached hydrogen (secondary N) is 2. The summed E-state index contributed by atoms with van der Waals surface area (Å²) in [6.07, 6.45) is 4.86. The first-order valence-corrected chi connectivity index (χ1v) is 8.55. The molecule has 3 rings (SSSR count). The summed E-state index contributed by atoms with van der Waals surface area (Å²) in [5.41, 5.74) is 1.23. The van der Waals surface area contributed by atoms with Gasteiger partial charge in [0.25, 0.3) is 11.8 Å². The van der Waals surface area contributed by atoms with E-state index in [1.54, 1.807) is 24.3 Å². The predicted octanol–water partition coefficient (Wildman–Crippen LogP) is 2.08. The van der Waals surface area contributed by atoms with Crippen LogP contribution in [0.15, 0.2) is 42.6 Å². The van der Waals surface area contributed by atoms with Gasteiger partial charge in [-0.2, -0.15) is 0 Å². The number of carboxylic acid groups (broad SMARTS) is 1. The number of benzene rings is 1. The van der Waals surface area contributed by atoms with Gasteiger partial charge in [-0.3, -0.25) is 14.4 Å². The number of ether oxygens (including phenoxy) is 1. The highest BCUT2D eigenvalue weighted by molar-refractivity contribution is 6.04. The highest BCUT2D eigenvalue weighted by Gasteiger charge is 2.20. The van der Waals surface area contributed by atoms with Gasteiger partial charge in [0.2, 0.25) is 5.88 Å². The van der Waals surface area contributed by atoms with E-state index in [-0.39, 0.29) is 12.0 Å². The number of hydrogen-bond acceptors (Lipinski definition) is 5. The van der Waals surface area contributed by atoms with Crippen molar-refractivity contribution in [2.24, 2.45) is 0 Å². The molecule has 1 aliphatic rings. The third-order valence-electron chi connectivity index (χ3n) is 4.14. The summed E-state index contributed by atoms with van der Waals surface area (Å²) in [5, 5.41) is 13.6. The lowest BCUT2D eigenvalue weighted by Gasteiger charge is -2.25. The van der Waals surface area contributed by atoms with E-state index in [1.165, 1.54) is 18.3 Å². The molecule has 1 aromatic heterocycles. The smallest absolute Gasteiger partial charge is 0.322 e. The van der Waals surface area contributed by atoms with E-state index >= 15 is 0 Å². The van der Waals surface area contributed by atoms with Gasteiger partial charge in [-0.15, -0.1) is 0 Å². The monoisotopic (exact) mass is 369 g/mol. The van der Waals surface area contributed by atoms with Gasteiger partial charge in [0.05, 0.1) is 0 Å². The van der Waals surface area contributed by atoms with Gasteiger partial charge in [-0.25, -0.2) is 4.98 Å². The first kappa shape index (κ1) is 18.4. The van der Waals surface area contributed by atoms with Gasteiger partial charge in [0.1, 0.15) is 12.6 Å². The van der Waals surface area contributed by atoms with Crippen LogP contribution in [0.3, 0.4) is 0 Å². The molecule has 27 heavy (non-hydrogen) atoms. The Morgan fingerprint density at radius 2 is 1.81 bits per heavy atom. The fraction of sp³-hybridized carbons (Fsp3) is 0.263. The van der Waals surface area contributed by atoms with E-state index in [2.05, 4.69) is 15.6 Å². The fourth-order valence-electron chi connectivity index (χ4n) is 2.44. The van der Waals surface area contributed by atoms with E-state index in [1.807, 2.05) is 0 Å². The molecule has 0 radical (unpaired) electrons. The van der Waals surface area contributed by atoms with Crippen LogP contribution in [0.5, 0.6) is 5.88 Å². The van der Waals surface area contributed by atoms with Gasteiger partial charge < -0.3 is 20.5 Å². The molecule has 8 heteroatoms. The zero-order valence-electron chi connectivity index (χ0n) is 14.5. The Labute approximate surface area is 155 Å². The average Bonchev–Trinajstić information content (AvgIpc) is 2.63. The van der Waals surface area contributed by atoms with Crippen molar-refractivity contribution >= 4 is 23.5 Å². The summed E-state index contributed by atoms with van der Waals surface area (Å²) >= 11 is 0. The van der Waals surface area contributed by atoms with Gasteiger partial charge in [0.15, 0.2) is 0 Å². The molecule has 0 bridgehead atoms. The van der Waals surface area contributed by atoms with Crippen molar-refractivity contribution in [2.75, 3.05) is 11.9 Å². The Kier molecular flexibility index (Phi) is 5.65. The summed E-state index contributed by atoms with van der Waals surface area (Å²) < 4.78 is 5.70. The van der Waals surface area contributed by atoms with Crippen LogP contribution in [0.25, 0.3) is 0 Å². The van der Waals surface area contributed by atoms with Crippen molar-refractivity contribution in [1.82, 2.24) is 10.3 Å². The molecular formula is C19H19N3O5. The molecule has 1 saturated carbocycles. The Bertz CT molecular complexity index is 847. The summed E-state index contributed by atoms with van der Waals surface area (Å²) in [6.45, 7) is -0.454. The second-order valence-electron chi connectivity index (χ2n) is 6.16. The average molecular weight is 369 g/mol. The van der Waals surface area contributed by atoms with Crippen molar-refractivity contribution < 1.29 is 24.2 Å². The van der Waals surface area contributed by atoms with Crippen LogP contribution in [0.1, 0.15) is 40.0 Å². The largest absolute Gasteiger partial charge is 0.480 e. The molecule has 0 atom stereocenters. The lowest BCUT2D eigenvalue weighted by atomic mass is 9.96. The van der Waals surface area contributed by atoms with Crippen molar-refractivity contribution in [3.05, 3.63) is 53.7 Å². The van der Waals surface area contributed by atoms with Gasteiger partial charge in [-0.1, -0.05) is 0 Å². The number of rotatable bonds is 7. The zero-order chi connectivity index (χ0) is 19.2. The quantitative estimate of drug-likeness (QED) is 0.688. The van der Waals surface area contributed by atoms with Gasteiger partial charge >= 0.3 is 5.97 Å². The van der Waals surface area contributed by atoms with Gasteiger partial charge in [-0.05, 0) is 49.6 Å². The number of carboxylic acids is 1. The minimum Gasteiger partial charge on any atom is -0.480 e. The Morgan fingerprint density at radius 1 is 1.07 bits per heavy atom. The molecule has 1 heterocycles. The van der Waals surface area contributed by atoms with Crippen LogP contribution in [-0.2, 0) is 4.79 Å². The maximum atomic E-state index is 12.4. The second-order valence-corrected chi connectivity index (χ2v) is 6.16. The normalized spacial score (nSPS) is 13.3. The summed E-state index contributed by atoms with van der Waals surface area (Å²) in [4.78, 5) is 38.8. The molecule has 2 aromatic rings. The first-order chi connectivity index (χ1) is 13.0. The lowest BCUT2D eigenvalue weighted by molar-refractivity contribution is -0.135. The highest BCUT2D eigenvalue weighted by atomic mass is 16.5. The molecule has 1 aromatic carbocycles. The second kappa shape index (κ2) is 8.31. The molecule has 2 amide bonds. The molecule has 1 fully saturated rings. The van der Waals surface area contributed by atoms with E-state index in [0.29, 0.717) is 22.7 Å². The highest BCUT2D eigenvalue weighted by Crippen LogP contribution is 2.24. The number of aromatic nitrogens is 1. The minimum atomic E-state index is -1.12. The van der Waals surface area contributed by atoms with Crippen LogP contribution in [0, 0.1) is 0 Å². The third kappa shape index (κ3) is 5.04. The maximum Gasteiger partial charge on any atom is 0.322 e. The number of carbonyl (C=O) groups excluding carboxylic acids is 2. The summed E-state index contributed by atoms with van der Waals surface area (Å²) in [5.74, 6) is -1.51. The third-order valence-corrected chi connectivity index (χ3v) is 4.14. The Morgan fingerprint density at radius 3 is 2.44 bits per heavy atom.